The van der Waals surface area contributed by atoms with Gasteiger partial charge >= 0.3 is 5.97 Å². The summed E-state index contributed by atoms with van der Waals surface area (Å²) in [7, 11) is 0. The van der Waals surface area contributed by atoms with Crippen LogP contribution in [0.4, 0.5) is 0 Å². The summed E-state index contributed by atoms with van der Waals surface area (Å²) in [6.07, 6.45) is 0.404. The van der Waals surface area contributed by atoms with Crippen molar-refractivity contribution in [3.8, 4) is 17.3 Å². The van der Waals surface area contributed by atoms with Gasteiger partial charge in [-0.3, -0.25) is 4.79 Å². The van der Waals surface area contributed by atoms with E-state index >= 15 is 0 Å². The third kappa shape index (κ3) is 4.57. The molecule has 0 amide bonds. The number of rotatable bonds is 6. The Bertz CT molecular complexity index is 1990. The van der Waals surface area contributed by atoms with Crippen LogP contribution in [0.2, 0.25) is 0 Å². The highest BCUT2D eigenvalue weighted by Gasteiger charge is 2.19. The molecular formula is C30H20BrN3O5. The number of furan rings is 1. The van der Waals surface area contributed by atoms with Gasteiger partial charge in [0, 0.05) is 15.4 Å². The molecule has 4 aromatic carbocycles. The van der Waals surface area contributed by atoms with E-state index < -0.39 is 12.1 Å². The van der Waals surface area contributed by atoms with Crippen LogP contribution in [0.5, 0.6) is 5.75 Å². The molecule has 2 heterocycles. The number of benzene rings is 4. The second-order valence-corrected chi connectivity index (χ2v) is 9.82. The molecule has 0 radical (unpaired) electrons. The van der Waals surface area contributed by atoms with Crippen LogP contribution in [0.1, 0.15) is 12.5 Å². The van der Waals surface area contributed by atoms with E-state index in [9.17, 15) is 14.7 Å². The average molecular weight is 582 g/mol. The maximum absolute atomic E-state index is 13.7. The quantitative estimate of drug-likeness (QED) is 0.226. The summed E-state index contributed by atoms with van der Waals surface area (Å²) in [4.78, 5) is 29.9. The van der Waals surface area contributed by atoms with Crippen LogP contribution in [0.3, 0.4) is 0 Å². The molecule has 0 aliphatic rings. The summed E-state index contributed by atoms with van der Waals surface area (Å²) < 4.78 is 13.9. The summed E-state index contributed by atoms with van der Waals surface area (Å²) in [5, 5.41) is 16.9. The van der Waals surface area contributed by atoms with Gasteiger partial charge in [-0.05, 0) is 60.2 Å². The predicted octanol–water partition coefficient (Wildman–Crippen LogP) is 6.46. The smallest absolute Gasteiger partial charge is 0.344 e. The van der Waals surface area contributed by atoms with Crippen molar-refractivity contribution in [1.82, 2.24) is 9.66 Å². The Hall–Kier alpha value is -4.76. The highest BCUT2D eigenvalue weighted by molar-refractivity contribution is 9.10. The number of carbonyl (C=O) groups is 1. The van der Waals surface area contributed by atoms with Crippen LogP contribution in [0.15, 0.2) is 104 Å². The van der Waals surface area contributed by atoms with Crippen molar-refractivity contribution in [2.45, 2.75) is 13.0 Å². The molecule has 6 aromatic rings. The Morgan fingerprint density at radius 3 is 2.62 bits per heavy atom. The fourth-order valence-corrected chi connectivity index (χ4v) is 4.76. The topological polar surface area (TPSA) is 107 Å². The minimum atomic E-state index is -1.10. The van der Waals surface area contributed by atoms with Gasteiger partial charge < -0.3 is 14.3 Å². The first-order valence-corrected chi connectivity index (χ1v) is 12.9. The van der Waals surface area contributed by atoms with Crippen LogP contribution in [-0.2, 0) is 4.79 Å². The van der Waals surface area contributed by atoms with Gasteiger partial charge in [0.2, 0.25) is 5.82 Å². The lowest BCUT2D eigenvalue weighted by atomic mass is 10.0. The Morgan fingerprint density at radius 2 is 1.79 bits per heavy atom. The second kappa shape index (κ2) is 9.85. The van der Waals surface area contributed by atoms with Gasteiger partial charge in [-0.15, -0.1) is 0 Å². The monoisotopic (exact) mass is 581 g/mol. The molecule has 0 saturated carbocycles. The number of para-hydroxylation sites is 1. The van der Waals surface area contributed by atoms with Crippen molar-refractivity contribution in [3.05, 3.63) is 105 Å². The van der Waals surface area contributed by atoms with E-state index in [1.807, 2.05) is 60.7 Å². The molecule has 0 fully saturated rings. The van der Waals surface area contributed by atoms with E-state index in [1.165, 1.54) is 17.8 Å². The molecule has 192 valence electrons. The van der Waals surface area contributed by atoms with Gasteiger partial charge in [0.1, 0.15) is 11.3 Å². The molecule has 0 unspecified atom stereocenters. The van der Waals surface area contributed by atoms with E-state index in [2.05, 4.69) is 21.0 Å². The zero-order valence-corrected chi connectivity index (χ0v) is 22.1. The molecule has 2 aromatic heterocycles. The predicted molar refractivity (Wildman–Crippen MR) is 154 cm³/mol. The Labute approximate surface area is 229 Å². The molecule has 39 heavy (non-hydrogen) atoms. The molecule has 1 N–H and O–H groups in total. The van der Waals surface area contributed by atoms with E-state index in [1.54, 1.807) is 24.3 Å². The summed E-state index contributed by atoms with van der Waals surface area (Å²) >= 11 is 3.47. The molecule has 6 rings (SSSR count). The molecule has 0 bridgehead atoms. The van der Waals surface area contributed by atoms with E-state index in [0.717, 1.165) is 20.6 Å². The Kier molecular flexibility index (Phi) is 6.20. The van der Waals surface area contributed by atoms with Crippen LogP contribution in [0.25, 0.3) is 44.2 Å². The summed E-state index contributed by atoms with van der Waals surface area (Å²) in [6, 6.07) is 25.6. The molecule has 9 heteroatoms. The number of aromatic nitrogens is 2. The number of aliphatic carboxylic acids is 1. The molecule has 8 nitrogen and oxygen atoms in total. The van der Waals surface area contributed by atoms with Crippen LogP contribution < -0.4 is 10.3 Å². The van der Waals surface area contributed by atoms with Gasteiger partial charge in [-0.2, -0.15) is 9.78 Å². The standard InChI is InChI=1S/C30H20BrN3O5/c1-17(30(36)37)38-26-12-10-18-6-2-3-7-21(18)23(26)16-32-34-28(33-24-9-5-4-8-22(24)29(34)35)27-15-19-14-20(31)11-13-25(19)39-27/h2-17H,1H3,(H,36,37)/t17-/m1/s1. The first-order valence-electron chi connectivity index (χ1n) is 12.1. The molecular weight excluding hydrogens is 562 g/mol. The van der Waals surface area contributed by atoms with E-state index in [0.29, 0.717) is 33.6 Å². The number of fused-ring (bicyclic) bond motifs is 3. The van der Waals surface area contributed by atoms with Gasteiger partial charge in [-0.1, -0.05) is 58.4 Å². The number of ether oxygens (including phenoxy) is 1. The SMILES string of the molecule is C[C@@H](Oc1ccc2ccccc2c1C=Nn1c(-c2cc3cc(Br)ccc3o2)nc2ccccc2c1=O)C(=O)O. The first-order chi connectivity index (χ1) is 18.9. The zero-order valence-electron chi connectivity index (χ0n) is 20.5. The number of hydrogen-bond donors (Lipinski definition) is 1. The largest absolute Gasteiger partial charge is 0.479 e. The van der Waals surface area contributed by atoms with Crippen molar-refractivity contribution < 1.29 is 19.1 Å². The summed E-state index contributed by atoms with van der Waals surface area (Å²) in [6.45, 7) is 1.45. The van der Waals surface area contributed by atoms with E-state index in [4.69, 9.17) is 14.1 Å². The summed E-state index contributed by atoms with van der Waals surface area (Å²) in [5.41, 5.74) is 1.30. The first kappa shape index (κ1) is 24.6. The van der Waals surface area contributed by atoms with Crippen LogP contribution in [-0.4, -0.2) is 33.1 Å². The average Bonchev–Trinajstić information content (AvgIpc) is 3.36. The Morgan fingerprint density at radius 1 is 1.03 bits per heavy atom. The fraction of sp³-hybridized carbons (Fsp3) is 0.0667. The normalized spacial score (nSPS) is 12.5. The zero-order chi connectivity index (χ0) is 27.1. The summed E-state index contributed by atoms with van der Waals surface area (Å²) in [5.74, 6) is -0.176. The Balaban J connectivity index is 1.57. The van der Waals surface area contributed by atoms with Crippen LogP contribution in [0, 0.1) is 0 Å². The molecule has 1 atom stereocenters. The third-order valence-corrected chi connectivity index (χ3v) is 6.83. The van der Waals surface area contributed by atoms with Gasteiger partial charge in [0.25, 0.3) is 5.56 Å². The minimum Gasteiger partial charge on any atom is -0.479 e. The molecule has 0 saturated heterocycles. The van der Waals surface area contributed by atoms with Crippen molar-refractivity contribution >= 4 is 60.8 Å². The molecule has 0 aliphatic carbocycles. The lowest BCUT2D eigenvalue weighted by Crippen LogP contribution is -2.23. The molecule has 0 spiro atoms. The number of carboxylic acids is 1. The van der Waals surface area contributed by atoms with Gasteiger partial charge in [0.15, 0.2) is 11.9 Å². The number of hydrogen-bond acceptors (Lipinski definition) is 6. The highest BCUT2D eigenvalue weighted by Crippen LogP contribution is 2.30. The van der Waals surface area contributed by atoms with Gasteiger partial charge in [-0.25, -0.2) is 9.78 Å². The fourth-order valence-electron chi connectivity index (χ4n) is 4.38. The van der Waals surface area contributed by atoms with Crippen molar-refractivity contribution in [1.29, 1.82) is 0 Å². The van der Waals surface area contributed by atoms with E-state index in [-0.39, 0.29) is 11.4 Å². The number of carboxylic acid groups (broad SMARTS) is 1. The second-order valence-electron chi connectivity index (χ2n) is 8.90. The third-order valence-electron chi connectivity index (χ3n) is 6.34. The van der Waals surface area contributed by atoms with Crippen molar-refractivity contribution in [2.24, 2.45) is 5.10 Å². The minimum absolute atomic E-state index is 0.226. The highest BCUT2D eigenvalue weighted by atomic mass is 79.9. The number of halogens is 1. The maximum Gasteiger partial charge on any atom is 0.344 e. The maximum atomic E-state index is 13.7. The molecule has 0 aliphatic heterocycles. The van der Waals surface area contributed by atoms with Crippen molar-refractivity contribution in [3.63, 3.8) is 0 Å². The van der Waals surface area contributed by atoms with Crippen LogP contribution >= 0.6 is 15.9 Å². The van der Waals surface area contributed by atoms with Crippen molar-refractivity contribution in [2.75, 3.05) is 0 Å². The lowest BCUT2D eigenvalue weighted by Gasteiger charge is -2.15. The van der Waals surface area contributed by atoms with Gasteiger partial charge in [0.05, 0.1) is 17.1 Å². The number of nitrogens with zero attached hydrogens (tertiary/aromatic N) is 3. The lowest BCUT2D eigenvalue weighted by molar-refractivity contribution is -0.144.